The van der Waals surface area contributed by atoms with Gasteiger partial charge in [-0.25, -0.2) is 0 Å². The first-order valence-corrected chi connectivity index (χ1v) is 6.84. The molecule has 0 radical (unpaired) electrons. The number of rotatable bonds is 5. The molecular weight excluding hydrogens is 240 g/mol. The molecule has 1 saturated carbocycles. The molecule has 0 aromatic heterocycles. The number of nitrogens with one attached hydrogen (secondary N) is 2. The third kappa shape index (κ3) is 4.24. The highest BCUT2D eigenvalue weighted by atomic mass is 16.5. The summed E-state index contributed by atoms with van der Waals surface area (Å²) in [5.41, 5.74) is 0.769. The summed E-state index contributed by atoms with van der Waals surface area (Å²) in [6.07, 6.45) is 3.61. The monoisotopic (exact) mass is 262 g/mol. The van der Waals surface area contributed by atoms with Crippen LogP contribution in [0.1, 0.15) is 26.2 Å². The largest absolute Gasteiger partial charge is 0.497 e. The van der Waals surface area contributed by atoms with Crippen LogP contribution in [0.3, 0.4) is 0 Å². The minimum absolute atomic E-state index is 0.00666. The van der Waals surface area contributed by atoms with Crippen LogP contribution in [0.4, 0.5) is 5.69 Å². The Bertz CT molecular complexity index is 434. The third-order valence-corrected chi connectivity index (χ3v) is 3.60. The molecule has 0 heterocycles. The molecule has 2 N–H and O–H groups in total. The van der Waals surface area contributed by atoms with Gasteiger partial charge in [-0.3, -0.25) is 4.79 Å². The van der Waals surface area contributed by atoms with Gasteiger partial charge in [0, 0.05) is 17.8 Å². The summed E-state index contributed by atoms with van der Waals surface area (Å²) in [6.45, 7) is 2.63. The summed E-state index contributed by atoms with van der Waals surface area (Å²) in [6, 6.07) is 7.88. The van der Waals surface area contributed by atoms with E-state index in [0.717, 1.165) is 17.4 Å². The smallest absolute Gasteiger partial charge is 0.238 e. The molecule has 104 valence electrons. The average Bonchev–Trinajstić information content (AvgIpc) is 2.82. The second-order valence-corrected chi connectivity index (χ2v) is 5.28. The molecule has 1 aromatic carbocycles. The Labute approximate surface area is 114 Å². The fraction of sp³-hybridized carbons (Fsp3) is 0.533. The predicted molar refractivity (Wildman–Crippen MR) is 76.4 cm³/mol. The molecule has 2 unspecified atom stereocenters. The van der Waals surface area contributed by atoms with Gasteiger partial charge in [0.25, 0.3) is 0 Å². The van der Waals surface area contributed by atoms with E-state index in [1.807, 2.05) is 24.3 Å². The highest BCUT2D eigenvalue weighted by Gasteiger charge is 2.21. The van der Waals surface area contributed by atoms with E-state index < -0.39 is 0 Å². The second-order valence-electron chi connectivity index (χ2n) is 5.28. The lowest BCUT2D eigenvalue weighted by Gasteiger charge is -2.12. The molecule has 1 fully saturated rings. The summed E-state index contributed by atoms with van der Waals surface area (Å²) in [5, 5.41) is 6.19. The van der Waals surface area contributed by atoms with E-state index >= 15 is 0 Å². The van der Waals surface area contributed by atoms with E-state index in [2.05, 4.69) is 17.6 Å². The number of benzene rings is 1. The first-order chi connectivity index (χ1) is 9.17. The van der Waals surface area contributed by atoms with Gasteiger partial charge < -0.3 is 15.4 Å². The molecule has 4 heteroatoms. The minimum Gasteiger partial charge on any atom is -0.497 e. The number of anilines is 1. The average molecular weight is 262 g/mol. The molecule has 1 aliphatic rings. The topological polar surface area (TPSA) is 50.4 Å². The second kappa shape index (κ2) is 6.57. The van der Waals surface area contributed by atoms with E-state index in [4.69, 9.17) is 4.74 Å². The highest BCUT2D eigenvalue weighted by Crippen LogP contribution is 2.24. The minimum atomic E-state index is -0.00666. The normalized spacial score (nSPS) is 22.2. The first kappa shape index (κ1) is 13.9. The fourth-order valence-electron chi connectivity index (χ4n) is 2.54. The van der Waals surface area contributed by atoms with Crippen LogP contribution in [-0.4, -0.2) is 25.6 Å². The number of carbonyl (C=O) groups is 1. The van der Waals surface area contributed by atoms with Crippen molar-refractivity contribution >= 4 is 11.6 Å². The van der Waals surface area contributed by atoms with E-state index in [1.165, 1.54) is 19.3 Å². The number of carbonyl (C=O) groups excluding carboxylic acids is 1. The number of hydrogen-bond donors (Lipinski definition) is 2. The number of methoxy groups -OCH3 is 1. The Balaban J connectivity index is 1.77. The van der Waals surface area contributed by atoms with Crippen molar-refractivity contribution in [2.45, 2.75) is 32.2 Å². The summed E-state index contributed by atoms with van der Waals surface area (Å²) >= 11 is 0. The van der Waals surface area contributed by atoms with E-state index in [-0.39, 0.29) is 5.91 Å². The molecule has 2 atom stereocenters. The Morgan fingerprint density at radius 2 is 2.26 bits per heavy atom. The molecule has 0 saturated heterocycles. The lowest BCUT2D eigenvalue weighted by atomic mass is 10.1. The molecule has 19 heavy (non-hydrogen) atoms. The van der Waals surface area contributed by atoms with Crippen LogP contribution in [0, 0.1) is 5.92 Å². The van der Waals surface area contributed by atoms with Crippen molar-refractivity contribution < 1.29 is 9.53 Å². The predicted octanol–water partition coefficient (Wildman–Crippen LogP) is 2.41. The Kier molecular flexibility index (Phi) is 4.80. The lowest BCUT2D eigenvalue weighted by molar-refractivity contribution is -0.115. The highest BCUT2D eigenvalue weighted by molar-refractivity contribution is 5.92. The van der Waals surface area contributed by atoms with E-state index in [0.29, 0.717) is 12.6 Å². The summed E-state index contributed by atoms with van der Waals surface area (Å²) in [5.74, 6) is 1.52. The summed E-state index contributed by atoms with van der Waals surface area (Å²) < 4.78 is 5.12. The molecule has 1 aliphatic carbocycles. The van der Waals surface area contributed by atoms with Crippen LogP contribution in [-0.2, 0) is 4.79 Å². The number of ether oxygens (including phenoxy) is 1. The van der Waals surface area contributed by atoms with Gasteiger partial charge in [-0.05, 0) is 37.3 Å². The van der Waals surface area contributed by atoms with Crippen molar-refractivity contribution in [3.05, 3.63) is 24.3 Å². The van der Waals surface area contributed by atoms with Gasteiger partial charge in [0.2, 0.25) is 5.91 Å². The Hall–Kier alpha value is -1.55. The standard InChI is InChI=1S/C15H22N2O2/c1-11-6-7-12(8-11)16-10-15(18)17-13-4-3-5-14(9-13)19-2/h3-5,9,11-12,16H,6-8,10H2,1-2H3,(H,17,18). The van der Waals surface area contributed by atoms with Crippen molar-refractivity contribution in [3.63, 3.8) is 0 Å². The van der Waals surface area contributed by atoms with Gasteiger partial charge >= 0.3 is 0 Å². The zero-order valence-corrected chi connectivity index (χ0v) is 11.6. The van der Waals surface area contributed by atoms with Gasteiger partial charge in [0.15, 0.2) is 0 Å². The van der Waals surface area contributed by atoms with Gasteiger partial charge in [-0.1, -0.05) is 13.0 Å². The van der Waals surface area contributed by atoms with Crippen LogP contribution in [0.5, 0.6) is 5.75 Å². The zero-order chi connectivity index (χ0) is 13.7. The number of amides is 1. The van der Waals surface area contributed by atoms with Crippen molar-refractivity contribution in [2.24, 2.45) is 5.92 Å². The molecule has 0 aliphatic heterocycles. The molecular formula is C15H22N2O2. The zero-order valence-electron chi connectivity index (χ0n) is 11.6. The molecule has 4 nitrogen and oxygen atoms in total. The quantitative estimate of drug-likeness (QED) is 0.856. The van der Waals surface area contributed by atoms with E-state index in [9.17, 15) is 4.79 Å². The van der Waals surface area contributed by atoms with Crippen molar-refractivity contribution in [3.8, 4) is 5.75 Å². The van der Waals surface area contributed by atoms with Gasteiger partial charge in [0.1, 0.15) is 5.75 Å². The lowest BCUT2D eigenvalue weighted by Crippen LogP contribution is -2.34. The number of hydrogen-bond acceptors (Lipinski definition) is 3. The van der Waals surface area contributed by atoms with Crippen molar-refractivity contribution in [2.75, 3.05) is 19.0 Å². The van der Waals surface area contributed by atoms with Crippen molar-refractivity contribution in [1.29, 1.82) is 0 Å². The summed E-state index contributed by atoms with van der Waals surface area (Å²) in [4.78, 5) is 11.8. The molecule has 1 amide bonds. The van der Waals surface area contributed by atoms with Gasteiger partial charge in [0.05, 0.1) is 13.7 Å². The first-order valence-electron chi connectivity index (χ1n) is 6.84. The van der Waals surface area contributed by atoms with Gasteiger partial charge in [-0.2, -0.15) is 0 Å². The molecule has 0 bridgehead atoms. The molecule has 2 rings (SSSR count). The van der Waals surface area contributed by atoms with Gasteiger partial charge in [-0.15, -0.1) is 0 Å². The maximum Gasteiger partial charge on any atom is 0.238 e. The third-order valence-electron chi connectivity index (χ3n) is 3.60. The summed E-state index contributed by atoms with van der Waals surface area (Å²) in [7, 11) is 1.61. The molecule has 0 spiro atoms. The van der Waals surface area contributed by atoms with Crippen LogP contribution < -0.4 is 15.4 Å². The maximum absolute atomic E-state index is 11.8. The Morgan fingerprint density at radius 1 is 1.42 bits per heavy atom. The van der Waals surface area contributed by atoms with Crippen LogP contribution in [0.25, 0.3) is 0 Å². The van der Waals surface area contributed by atoms with Crippen molar-refractivity contribution in [1.82, 2.24) is 5.32 Å². The molecule has 1 aromatic rings. The van der Waals surface area contributed by atoms with Crippen LogP contribution >= 0.6 is 0 Å². The fourth-order valence-corrected chi connectivity index (χ4v) is 2.54. The maximum atomic E-state index is 11.8. The van der Waals surface area contributed by atoms with Crippen LogP contribution in [0.15, 0.2) is 24.3 Å². The van der Waals surface area contributed by atoms with Crippen LogP contribution in [0.2, 0.25) is 0 Å². The SMILES string of the molecule is COc1cccc(NC(=O)CNC2CCC(C)C2)c1. The Morgan fingerprint density at radius 3 is 2.95 bits per heavy atom. The van der Waals surface area contributed by atoms with E-state index in [1.54, 1.807) is 7.11 Å².